The van der Waals surface area contributed by atoms with E-state index in [4.69, 9.17) is 5.73 Å². The summed E-state index contributed by atoms with van der Waals surface area (Å²) in [6, 6.07) is 4.41. The lowest BCUT2D eigenvalue weighted by Gasteiger charge is -2.24. The zero-order valence-corrected chi connectivity index (χ0v) is 17.1. The van der Waals surface area contributed by atoms with Gasteiger partial charge in [0.15, 0.2) is 5.78 Å². The fourth-order valence-corrected chi connectivity index (χ4v) is 5.20. The van der Waals surface area contributed by atoms with Crippen molar-refractivity contribution in [2.75, 3.05) is 13.1 Å². The molecular weight excluding hydrogens is 404 g/mol. The first kappa shape index (κ1) is 20.2. The van der Waals surface area contributed by atoms with E-state index in [1.165, 1.54) is 11.3 Å². The van der Waals surface area contributed by atoms with Crippen LogP contribution in [0.2, 0.25) is 0 Å². The van der Waals surface area contributed by atoms with Crippen molar-refractivity contribution in [2.45, 2.75) is 37.8 Å². The van der Waals surface area contributed by atoms with Crippen LogP contribution < -0.4 is 5.73 Å². The molecule has 2 aliphatic rings. The summed E-state index contributed by atoms with van der Waals surface area (Å²) in [5.41, 5.74) is 6.60. The molecule has 3 amide bonds. The second kappa shape index (κ2) is 8.35. The first-order valence-electron chi connectivity index (χ1n) is 9.82. The first-order chi connectivity index (χ1) is 14.5. The summed E-state index contributed by atoms with van der Waals surface area (Å²) in [7, 11) is 0. The van der Waals surface area contributed by atoms with Gasteiger partial charge in [0, 0.05) is 30.2 Å². The molecule has 4 heterocycles. The van der Waals surface area contributed by atoms with Crippen molar-refractivity contribution in [1.29, 1.82) is 0 Å². The maximum Gasteiger partial charge on any atom is 0.249 e. The van der Waals surface area contributed by atoms with Crippen molar-refractivity contribution in [3.63, 3.8) is 0 Å². The summed E-state index contributed by atoms with van der Waals surface area (Å²) in [5.74, 6) is -0.864. The number of Topliss-reactive ketones (excluding diaryl/α,β-unsaturated/α-hetero) is 1. The number of nitrogens with two attached hydrogens (primary N) is 1. The van der Waals surface area contributed by atoms with Crippen LogP contribution in [0, 0.1) is 0 Å². The molecule has 8 nitrogen and oxygen atoms in total. The molecule has 2 aromatic rings. The van der Waals surface area contributed by atoms with Gasteiger partial charge in [0.25, 0.3) is 0 Å². The zero-order chi connectivity index (χ0) is 21.3. The Kier molecular flexibility index (Phi) is 5.63. The number of ketones is 1. The highest BCUT2D eigenvalue weighted by Crippen LogP contribution is 2.31. The standard InChI is InChI=1S/C21H22N4O4S/c22-21(29)14-6-9-30-17(14)3-4-18(27)24-8-5-15-20(24)16(26)12-25(15)19(28)10-13-2-1-7-23-11-13/h1-2,6-7,9,11,15,20H,3-5,8,10,12H2,(H2,22,29). The van der Waals surface area contributed by atoms with Gasteiger partial charge in [-0.2, -0.15) is 0 Å². The molecule has 0 saturated carbocycles. The predicted molar refractivity (Wildman–Crippen MR) is 110 cm³/mol. The first-order valence-corrected chi connectivity index (χ1v) is 10.7. The molecule has 0 aromatic carbocycles. The van der Waals surface area contributed by atoms with Crippen LogP contribution in [0.1, 0.15) is 33.6 Å². The van der Waals surface area contributed by atoms with E-state index in [1.54, 1.807) is 39.7 Å². The van der Waals surface area contributed by atoms with Crippen LogP contribution in [0.5, 0.6) is 0 Å². The van der Waals surface area contributed by atoms with Crippen molar-refractivity contribution in [3.05, 3.63) is 52.0 Å². The molecule has 0 aliphatic carbocycles. The number of primary amides is 1. The highest BCUT2D eigenvalue weighted by molar-refractivity contribution is 7.10. The predicted octanol–water partition coefficient (Wildman–Crippen LogP) is 0.798. The Balaban J connectivity index is 1.40. The van der Waals surface area contributed by atoms with Crippen LogP contribution in [-0.2, 0) is 27.2 Å². The largest absolute Gasteiger partial charge is 0.366 e. The number of nitrogens with zero attached hydrogens (tertiary/aromatic N) is 3. The van der Waals surface area contributed by atoms with Crippen molar-refractivity contribution >= 4 is 34.8 Å². The zero-order valence-electron chi connectivity index (χ0n) is 16.3. The third-order valence-electron chi connectivity index (χ3n) is 5.72. The monoisotopic (exact) mass is 426 g/mol. The van der Waals surface area contributed by atoms with Crippen molar-refractivity contribution in [2.24, 2.45) is 5.73 Å². The van der Waals surface area contributed by atoms with Gasteiger partial charge < -0.3 is 15.5 Å². The molecule has 4 rings (SSSR count). The fraction of sp³-hybridized carbons (Fsp3) is 0.381. The number of hydrogen-bond donors (Lipinski definition) is 1. The number of rotatable bonds is 6. The summed E-state index contributed by atoms with van der Waals surface area (Å²) in [5, 5.41) is 1.78. The van der Waals surface area contributed by atoms with Crippen LogP contribution in [0.25, 0.3) is 0 Å². The van der Waals surface area contributed by atoms with E-state index in [0.717, 1.165) is 10.4 Å². The van der Waals surface area contributed by atoms with Crippen molar-refractivity contribution in [1.82, 2.24) is 14.8 Å². The SMILES string of the molecule is NC(=O)c1ccsc1CCC(=O)N1CCC2C1C(=O)CN2C(=O)Cc1cccnc1. The molecule has 30 heavy (non-hydrogen) atoms. The van der Waals surface area contributed by atoms with Gasteiger partial charge in [-0.25, -0.2) is 0 Å². The number of pyridine rings is 1. The third kappa shape index (κ3) is 3.85. The Morgan fingerprint density at radius 3 is 2.77 bits per heavy atom. The second-order valence-electron chi connectivity index (χ2n) is 7.54. The average molecular weight is 426 g/mol. The lowest BCUT2D eigenvalue weighted by Crippen LogP contribution is -2.43. The Hall–Kier alpha value is -3.07. The van der Waals surface area contributed by atoms with Crippen molar-refractivity contribution < 1.29 is 19.2 Å². The van der Waals surface area contributed by atoms with E-state index in [-0.39, 0.29) is 43.0 Å². The van der Waals surface area contributed by atoms with E-state index in [9.17, 15) is 19.2 Å². The lowest BCUT2D eigenvalue weighted by atomic mass is 10.1. The topological polar surface area (TPSA) is 114 Å². The highest BCUT2D eigenvalue weighted by Gasteiger charge is 2.50. The number of thiophene rings is 1. The normalized spacial score (nSPS) is 20.5. The number of aromatic nitrogens is 1. The van der Waals surface area contributed by atoms with E-state index >= 15 is 0 Å². The molecular formula is C21H22N4O4S. The molecule has 156 valence electrons. The number of fused-ring (bicyclic) bond motifs is 1. The minimum Gasteiger partial charge on any atom is -0.366 e. The van der Waals surface area contributed by atoms with Gasteiger partial charge in [0.05, 0.1) is 24.6 Å². The fourth-order valence-electron chi connectivity index (χ4n) is 4.32. The quantitative estimate of drug-likeness (QED) is 0.734. The Bertz CT molecular complexity index is 990. The summed E-state index contributed by atoms with van der Waals surface area (Å²) in [4.78, 5) is 57.7. The van der Waals surface area contributed by atoms with Crippen LogP contribution in [-0.4, -0.2) is 63.5 Å². The minimum atomic E-state index is -0.575. The minimum absolute atomic E-state index is 0.0367. The Morgan fingerprint density at radius 2 is 2.03 bits per heavy atom. The third-order valence-corrected chi connectivity index (χ3v) is 6.70. The molecule has 2 N–H and O–H groups in total. The van der Waals surface area contributed by atoms with Gasteiger partial charge in [0.2, 0.25) is 17.7 Å². The molecule has 0 bridgehead atoms. The van der Waals surface area contributed by atoms with Gasteiger partial charge in [-0.3, -0.25) is 24.2 Å². The van der Waals surface area contributed by atoms with Gasteiger partial charge in [-0.05, 0) is 35.9 Å². The molecule has 2 saturated heterocycles. The summed E-state index contributed by atoms with van der Waals surface area (Å²) >= 11 is 1.39. The molecule has 0 radical (unpaired) electrons. The Labute approximate surface area is 177 Å². The average Bonchev–Trinajstić information content (AvgIpc) is 3.43. The van der Waals surface area contributed by atoms with Crippen LogP contribution in [0.4, 0.5) is 0 Å². The van der Waals surface area contributed by atoms with E-state index < -0.39 is 11.9 Å². The molecule has 2 fully saturated rings. The number of likely N-dealkylation sites (tertiary alicyclic amines) is 2. The number of amides is 3. The number of carbonyl (C=O) groups is 4. The number of aryl methyl sites for hydroxylation is 1. The van der Waals surface area contributed by atoms with E-state index in [0.29, 0.717) is 24.9 Å². The van der Waals surface area contributed by atoms with Gasteiger partial charge in [-0.1, -0.05) is 6.07 Å². The van der Waals surface area contributed by atoms with Crippen LogP contribution in [0.3, 0.4) is 0 Å². The summed E-state index contributed by atoms with van der Waals surface area (Å²) < 4.78 is 0. The molecule has 2 atom stereocenters. The second-order valence-corrected chi connectivity index (χ2v) is 8.54. The maximum absolute atomic E-state index is 12.8. The summed E-state index contributed by atoms with van der Waals surface area (Å²) in [6.07, 6.45) is 4.66. The number of hydrogen-bond acceptors (Lipinski definition) is 6. The van der Waals surface area contributed by atoms with Crippen molar-refractivity contribution in [3.8, 4) is 0 Å². The molecule has 2 aromatic heterocycles. The van der Waals surface area contributed by atoms with Gasteiger partial charge in [-0.15, -0.1) is 11.3 Å². The Morgan fingerprint density at radius 1 is 1.20 bits per heavy atom. The molecule has 9 heteroatoms. The van der Waals surface area contributed by atoms with E-state index in [2.05, 4.69) is 4.98 Å². The highest BCUT2D eigenvalue weighted by atomic mass is 32.1. The van der Waals surface area contributed by atoms with Crippen LogP contribution in [0.15, 0.2) is 36.0 Å². The number of carbonyl (C=O) groups excluding carboxylic acids is 4. The molecule has 2 aliphatic heterocycles. The summed E-state index contributed by atoms with van der Waals surface area (Å²) in [6.45, 7) is 0.485. The van der Waals surface area contributed by atoms with Gasteiger partial charge >= 0.3 is 0 Å². The molecule has 2 unspecified atom stereocenters. The van der Waals surface area contributed by atoms with E-state index in [1.807, 2.05) is 6.07 Å². The van der Waals surface area contributed by atoms with Crippen LogP contribution >= 0.6 is 11.3 Å². The molecule has 0 spiro atoms. The maximum atomic E-state index is 12.8. The lowest BCUT2D eigenvalue weighted by molar-refractivity contribution is -0.136. The van der Waals surface area contributed by atoms with Gasteiger partial charge in [0.1, 0.15) is 6.04 Å². The smallest absolute Gasteiger partial charge is 0.249 e.